The quantitative estimate of drug-likeness (QED) is 0.688. The number of hydrogen-bond acceptors (Lipinski definition) is 4. The van der Waals surface area contributed by atoms with Crippen LogP contribution >= 0.6 is 0 Å². The number of esters is 1. The smallest absolute Gasteiger partial charge is 0.343 e. The van der Waals surface area contributed by atoms with Crippen LogP contribution in [0.25, 0.3) is 0 Å². The predicted octanol–water partition coefficient (Wildman–Crippen LogP) is 0.423. The minimum atomic E-state index is -0.717. The zero-order chi connectivity index (χ0) is 10.6. The first kappa shape index (κ1) is 9.99. The molecule has 72 valence electrons. The van der Waals surface area contributed by atoms with Crippen molar-refractivity contribution in [2.45, 2.75) is 6.92 Å². The van der Waals surface area contributed by atoms with Gasteiger partial charge >= 0.3 is 5.97 Å². The van der Waals surface area contributed by atoms with Crippen molar-refractivity contribution in [3.63, 3.8) is 0 Å². The molecule has 1 rings (SSSR count). The number of nitrogens with one attached hydrogen (secondary N) is 1. The molecule has 0 aliphatic carbocycles. The van der Waals surface area contributed by atoms with Crippen LogP contribution in [0.3, 0.4) is 0 Å². The summed E-state index contributed by atoms with van der Waals surface area (Å²) in [6.07, 6.45) is 1.24. The third-order valence-electron chi connectivity index (χ3n) is 1.53. The van der Waals surface area contributed by atoms with Crippen LogP contribution in [0, 0.1) is 11.3 Å². The Morgan fingerprint density at radius 2 is 2.43 bits per heavy atom. The van der Waals surface area contributed by atoms with Crippen molar-refractivity contribution in [3.8, 4) is 6.07 Å². The minimum absolute atomic E-state index is 0.147. The van der Waals surface area contributed by atoms with Gasteiger partial charge in [-0.2, -0.15) is 5.26 Å². The molecule has 0 bridgehead atoms. The highest BCUT2D eigenvalue weighted by atomic mass is 16.5. The lowest BCUT2D eigenvalue weighted by molar-refractivity contribution is 0.0524. The molecule has 14 heavy (non-hydrogen) atoms. The molecule has 0 unspecified atom stereocenters. The van der Waals surface area contributed by atoms with E-state index in [4.69, 9.17) is 5.26 Å². The fourth-order valence-corrected chi connectivity index (χ4v) is 0.909. The lowest BCUT2D eigenvalue weighted by atomic mass is 10.2. The van der Waals surface area contributed by atoms with Crippen molar-refractivity contribution in [3.05, 3.63) is 33.7 Å². The normalized spacial score (nSPS) is 9.14. The van der Waals surface area contributed by atoms with Crippen LogP contribution in [0.5, 0.6) is 0 Å². The van der Waals surface area contributed by atoms with Gasteiger partial charge in [-0.15, -0.1) is 0 Å². The molecule has 0 saturated carbocycles. The Hall–Kier alpha value is -2.09. The number of hydrogen-bond donors (Lipinski definition) is 1. The Morgan fingerprint density at radius 1 is 1.71 bits per heavy atom. The van der Waals surface area contributed by atoms with Gasteiger partial charge in [0.05, 0.1) is 12.2 Å². The van der Waals surface area contributed by atoms with Crippen molar-refractivity contribution >= 4 is 5.97 Å². The van der Waals surface area contributed by atoms with Gasteiger partial charge in [-0.25, -0.2) is 4.79 Å². The van der Waals surface area contributed by atoms with Crippen LogP contribution in [0.4, 0.5) is 0 Å². The highest BCUT2D eigenvalue weighted by molar-refractivity contribution is 5.89. The largest absolute Gasteiger partial charge is 0.462 e. The molecule has 0 aliphatic heterocycles. The van der Waals surface area contributed by atoms with Crippen molar-refractivity contribution in [2.24, 2.45) is 0 Å². The van der Waals surface area contributed by atoms with Gasteiger partial charge in [0, 0.05) is 6.20 Å². The number of ether oxygens (including phenoxy) is 1. The Balaban J connectivity index is 3.14. The molecule has 1 heterocycles. The van der Waals surface area contributed by atoms with Gasteiger partial charge in [0.2, 0.25) is 0 Å². The van der Waals surface area contributed by atoms with Crippen LogP contribution in [0.15, 0.2) is 17.1 Å². The molecule has 1 aromatic heterocycles. The summed E-state index contributed by atoms with van der Waals surface area (Å²) in [5.41, 5.74) is -0.485. The molecular formula is C9H8N2O3. The van der Waals surface area contributed by atoms with Crippen molar-refractivity contribution < 1.29 is 9.53 Å². The number of aromatic nitrogens is 1. The van der Waals surface area contributed by atoms with Crippen LogP contribution in [-0.2, 0) is 4.74 Å². The number of nitrogens with zero attached hydrogens (tertiary/aromatic N) is 1. The van der Waals surface area contributed by atoms with Crippen molar-refractivity contribution in [2.75, 3.05) is 6.61 Å². The standard InChI is InChI=1S/C9H8N2O3/c1-2-14-9(13)7-3-6(4-10)5-11-8(7)12/h3,5H,2H2,1H3,(H,11,12). The summed E-state index contributed by atoms with van der Waals surface area (Å²) < 4.78 is 4.64. The molecule has 0 aromatic carbocycles. The van der Waals surface area contributed by atoms with Gasteiger partial charge in [0.25, 0.3) is 5.56 Å². The molecule has 1 aromatic rings. The predicted molar refractivity (Wildman–Crippen MR) is 47.7 cm³/mol. The summed E-state index contributed by atoms with van der Waals surface area (Å²) >= 11 is 0. The summed E-state index contributed by atoms with van der Waals surface area (Å²) in [5, 5.41) is 8.54. The SMILES string of the molecule is CCOC(=O)c1cc(C#N)c[nH]c1=O. The first-order chi connectivity index (χ1) is 6.69. The van der Waals surface area contributed by atoms with E-state index in [-0.39, 0.29) is 17.7 Å². The van der Waals surface area contributed by atoms with E-state index in [2.05, 4.69) is 9.72 Å². The lowest BCUT2D eigenvalue weighted by Crippen LogP contribution is -2.19. The van der Waals surface area contributed by atoms with Gasteiger partial charge in [-0.1, -0.05) is 0 Å². The maximum absolute atomic E-state index is 11.2. The maximum atomic E-state index is 11.2. The first-order valence-corrected chi connectivity index (χ1v) is 3.99. The van der Waals surface area contributed by atoms with Gasteiger partial charge in [0.1, 0.15) is 11.6 Å². The van der Waals surface area contributed by atoms with E-state index >= 15 is 0 Å². The summed E-state index contributed by atoms with van der Waals surface area (Å²) in [6, 6.07) is 3.02. The van der Waals surface area contributed by atoms with Gasteiger partial charge in [-0.3, -0.25) is 4.79 Å². The van der Waals surface area contributed by atoms with Gasteiger partial charge in [0.15, 0.2) is 0 Å². The Morgan fingerprint density at radius 3 is 3.00 bits per heavy atom. The summed E-state index contributed by atoms with van der Waals surface area (Å²) in [4.78, 5) is 24.6. The number of H-pyrrole nitrogens is 1. The second-order valence-electron chi connectivity index (χ2n) is 2.46. The number of nitriles is 1. The molecule has 0 atom stereocenters. The molecule has 0 amide bonds. The summed E-state index contributed by atoms with van der Waals surface area (Å²) in [7, 11) is 0. The second kappa shape index (κ2) is 4.23. The first-order valence-electron chi connectivity index (χ1n) is 3.99. The van der Waals surface area contributed by atoms with E-state index in [1.54, 1.807) is 6.92 Å². The third kappa shape index (κ3) is 1.98. The zero-order valence-electron chi connectivity index (χ0n) is 7.53. The van der Waals surface area contributed by atoms with Crippen LogP contribution in [-0.4, -0.2) is 17.6 Å². The highest BCUT2D eigenvalue weighted by Crippen LogP contribution is 1.98. The molecule has 0 radical (unpaired) electrons. The zero-order valence-corrected chi connectivity index (χ0v) is 7.53. The third-order valence-corrected chi connectivity index (χ3v) is 1.53. The topological polar surface area (TPSA) is 82.9 Å². The molecule has 1 N–H and O–H groups in total. The summed E-state index contributed by atoms with van der Waals surface area (Å²) in [6.45, 7) is 1.83. The average Bonchev–Trinajstić information content (AvgIpc) is 2.19. The number of carbonyl (C=O) groups excluding carboxylic acids is 1. The van der Waals surface area contributed by atoms with Crippen molar-refractivity contribution in [1.29, 1.82) is 5.26 Å². The molecule has 0 saturated heterocycles. The van der Waals surface area contributed by atoms with E-state index in [0.717, 1.165) is 0 Å². The molecule has 0 fully saturated rings. The van der Waals surface area contributed by atoms with Crippen molar-refractivity contribution in [1.82, 2.24) is 4.98 Å². The number of rotatable bonds is 2. The fourth-order valence-electron chi connectivity index (χ4n) is 0.909. The fraction of sp³-hybridized carbons (Fsp3) is 0.222. The lowest BCUT2D eigenvalue weighted by Gasteiger charge is -1.99. The molecule has 5 nitrogen and oxygen atoms in total. The van der Waals surface area contributed by atoms with E-state index < -0.39 is 11.5 Å². The second-order valence-corrected chi connectivity index (χ2v) is 2.46. The van der Waals surface area contributed by atoms with E-state index in [1.807, 2.05) is 6.07 Å². The minimum Gasteiger partial charge on any atom is -0.462 e. The number of carbonyl (C=O) groups is 1. The van der Waals surface area contributed by atoms with E-state index in [1.165, 1.54) is 12.3 Å². The van der Waals surface area contributed by atoms with E-state index in [9.17, 15) is 9.59 Å². The molecule has 5 heteroatoms. The number of aromatic amines is 1. The Labute approximate surface area is 79.9 Å². The van der Waals surface area contributed by atoms with Crippen LogP contribution in [0.2, 0.25) is 0 Å². The van der Waals surface area contributed by atoms with Crippen LogP contribution in [0.1, 0.15) is 22.8 Å². The summed E-state index contributed by atoms with van der Waals surface area (Å²) in [5.74, 6) is -0.717. The maximum Gasteiger partial charge on any atom is 0.343 e. The molecular weight excluding hydrogens is 184 g/mol. The Bertz CT molecular complexity index is 442. The number of pyridine rings is 1. The van der Waals surface area contributed by atoms with Crippen LogP contribution < -0.4 is 5.56 Å². The average molecular weight is 192 g/mol. The van der Waals surface area contributed by atoms with E-state index in [0.29, 0.717) is 0 Å². The highest BCUT2D eigenvalue weighted by Gasteiger charge is 2.11. The monoisotopic (exact) mass is 192 g/mol. The molecule has 0 aliphatic rings. The van der Waals surface area contributed by atoms with Gasteiger partial charge in [-0.05, 0) is 13.0 Å². The molecule has 0 spiro atoms. The van der Waals surface area contributed by atoms with Gasteiger partial charge < -0.3 is 9.72 Å². The Kier molecular flexibility index (Phi) is 3.02.